The van der Waals surface area contributed by atoms with Gasteiger partial charge in [0.2, 0.25) is 5.91 Å². The maximum atomic E-state index is 12.2. The first-order chi connectivity index (χ1) is 11.3. The van der Waals surface area contributed by atoms with Gasteiger partial charge in [-0.1, -0.05) is 6.07 Å². The number of anilines is 1. The van der Waals surface area contributed by atoms with Gasteiger partial charge in [-0.05, 0) is 37.1 Å². The molecule has 0 saturated carbocycles. The second kappa shape index (κ2) is 6.51. The van der Waals surface area contributed by atoms with Crippen LogP contribution in [-0.2, 0) is 24.1 Å². The number of hydrogen-bond donors (Lipinski definition) is 1. The molecule has 3 aromatic rings. The molecule has 1 aliphatic carbocycles. The van der Waals surface area contributed by atoms with Gasteiger partial charge >= 0.3 is 0 Å². The Labute approximate surface area is 146 Å². The molecule has 0 bridgehead atoms. The van der Waals surface area contributed by atoms with E-state index in [0.29, 0.717) is 6.42 Å². The van der Waals surface area contributed by atoms with Crippen LogP contribution >= 0.6 is 34.0 Å². The van der Waals surface area contributed by atoms with Gasteiger partial charge in [0, 0.05) is 10.3 Å². The van der Waals surface area contributed by atoms with Crippen LogP contribution in [0.25, 0.3) is 9.88 Å². The quantitative estimate of drug-likeness (QED) is 0.750. The fourth-order valence-corrected chi connectivity index (χ4v) is 5.33. The SMILES string of the molecule is O=C(Cc1csc(-c2cccs2)n1)Nc1nc2c(s1)CCCC2. The predicted octanol–water partition coefficient (Wildman–Crippen LogP) is 4.39. The predicted molar refractivity (Wildman–Crippen MR) is 96.5 cm³/mol. The summed E-state index contributed by atoms with van der Waals surface area (Å²) in [5, 5.41) is 8.63. The minimum Gasteiger partial charge on any atom is -0.302 e. The lowest BCUT2D eigenvalue weighted by Gasteiger charge is -2.06. The van der Waals surface area contributed by atoms with Crippen LogP contribution < -0.4 is 5.32 Å². The van der Waals surface area contributed by atoms with Crippen molar-refractivity contribution >= 4 is 45.0 Å². The maximum Gasteiger partial charge on any atom is 0.232 e. The number of fused-ring (bicyclic) bond motifs is 1. The van der Waals surface area contributed by atoms with E-state index >= 15 is 0 Å². The molecule has 3 heterocycles. The third-order valence-electron chi connectivity index (χ3n) is 3.72. The number of aromatic nitrogens is 2. The molecule has 3 aromatic heterocycles. The van der Waals surface area contributed by atoms with Gasteiger partial charge in [0.25, 0.3) is 0 Å². The van der Waals surface area contributed by atoms with Crippen molar-refractivity contribution in [3.63, 3.8) is 0 Å². The van der Waals surface area contributed by atoms with Crippen molar-refractivity contribution in [2.45, 2.75) is 32.1 Å². The minimum atomic E-state index is -0.0425. The van der Waals surface area contributed by atoms with E-state index in [0.717, 1.165) is 33.6 Å². The monoisotopic (exact) mass is 361 g/mol. The molecule has 4 nitrogen and oxygen atoms in total. The van der Waals surface area contributed by atoms with E-state index < -0.39 is 0 Å². The van der Waals surface area contributed by atoms with Gasteiger partial charge in [0.15, 0.2) is 5.13 Å². The molecule has 0 radical (unpaired) electrons. The summed E-state index contributed by atoms with van der Waals surface area (Å²) in [5.74, 6) is -0.0425. The second-order valence-corrected chi connectivity index (χ2v) is 8.33. The standard InChI is InChI=1S/C16H15N3OS3/c20-14(19-16-18-11-4-1-2-5-12(11)23-16)8-10-9-22-15(17-10)13-6-3-7-21-13/h3,6-7,9H,1-2,4-5,8H2,(H,18,19,20). The summed E-state index contributed by atoms with van der Waals surface area (Å²) in [4.78, 5) is 23.8. The van der Waals surface area contributed by atoms with E-state index in [4.69, 9.17) is 0 Å². The van der Waals surface area contributed by atoms with E-state index in [-0.39, 0.29) is 5.91 Å². The van der Waals surface area contributed by atoms with E-state index in [2.05, 4.69) is 15.3 Å². The lowest BCUT2D eigenvalue weighted by Crippen LogP contribution is -2.14. The molecule has 0 aliphatic heterocycles. The third kappa shape index (κ3) is 3.36. The van der Waals surface area contributed by atoms with Crippen LogP contribution in [0.3, 0.4) is 0 Å². The Balaban J connectivity index is 1.41. The highest BCUT2D eigenvalue weighted by Crippen LogP contribution is 2.30. The topological polar surface area (TPSA) is 54.9 Å². The first-order valence-electron chi connectivity index (χ1n) is 7.54. The summed E-state index contributed by atoms with van der Waals surface area (Å²) in [6, 6.07) is 4.06. The number of nitrogens with one attached hydrogen (secondary N) is 1. The average molecular weight is 362 g/mol. The Morgan fingerprint density at radius 1 is 1.22 bits per heavy atom. The van der Waals surface area contributed by atoms with E-state index in [1.165, 1.54) is 23.4 Å². The van der Waals surface area contributed by atoms with Gasteiger partial charge in [-0.2, -0.15) is 0 Å². The van der Waals surface area contributed by atoms with Crippen LogP contribution in [0, 0.1) is 0 Å². The van der Waals surface area contributed by atoms with E-state index in [1.54, 1.807) is 34.0 Å². The summed E-state index contributed by atoms with van der Waals surface area (Å²) < 4.78 is 0. The van der Waals surface area contributed by atoms with Crippen LogP contribution in [0.1, 0.15) is 29.1 Å². The van der Waals surface area contributed by atoms with E-state index in [9.17, 15) is 4.79 Å². The molecular weight excluding hydrogens is 346 g/mol. The Bertz CT molecular complexity index is 796. The first kappa shape index (κ1) is 15.0. The number of thiazole rings is 2. The van der Waals surface area contributed by atoms with Crippen LogP contribution in [0.4, 0.5) is 5.13 Å². The summed E-state index contributed by atoms with van der Waals surface area (Å²) in [6.07, 6.45) is 4.87. The van der Waals surface area contributed by atoms with Crippen LogP contribution in [0.2, 0.25) is 0 Å². The highest BCUT2D eigenvalue weighted by Gasteiger charge is 2.17. The molecule has 1 N–H and O–H groups in total. The van der Waals surface area contributed by atoms with Crippen molar-refractivity contribution in [1.29, 1.82) is 0 Å². The lowest BCUT2D eigenvalue weighted by atomic mass is 10.0. The number of carbonyl (C=O) groups excluding carboxylic acids is 1. The maximum absolute atomic E-state index is 12.2. The molecule has 118 valence electrons. The summed E-state index contributed by atoms with van der Waals surface area (Å²) in [6.45, 7) is 0. The van der Waals surface area contributed by atoms with E-state index in [1.807, 2.05) is 22.9 Å². The van der Waals surface area contributed by atoms with Gasteiger partial charge in [-0.25, -0.2) is 9.97 Å². The van der Waals surface area contributed by atoms with Crippen molar-refractivity contribution in [2.24, 2.45) is 0 Å². The lowest BCUT2D eigenvalue weighted by molar-refractivity contribution is -0.115. The van der Waals surface area contributed by atoms with Crippen LogP contribution in [0.5, 0.6) is 0 Å². The number of aryl methyl sites for hydroxylation is 2. The van der Waals surface area contributed by atoms with Crippen molar-refractivity contribution < 1.29 is 4.79 Å². The van der Waals surface area contributed by atoms with Gasteiger partial charge in [0.05, 0.1) is 22.7 Å². The molecule has 7 heteroatoms. The van der Waals surface area contributed by atoms with Crippen molar-refractivity contribution in [3.8, 4) is 9.88 Å². The molecule has 0 fully saturated rings. The number of carbonyl (C=O) groups is 1. The largest absolute Gasteiger partial charge is 0.302 e. The molecule has 23 heavy (non-hydrogen) atoms. The summed E-state index contributed by atoms with van der Waals surface area (Å²) in [5.41, 5.74) is 1.99. The Hall–Kier alpha value is -1.57. The number of rotatable bonds is 4. The molecule has 0 atom stereocenters. The zero-order chi connectivity index (χ0) is 15.6. The minimum absolute atomic E-state index is 0.0425. The van der Waals surface area contributed by atoms with Crippen molar-refractivity contribution in [1.82, 2.24) is 9.97 Å². The van der Waals surface area contributed by atoms with Gasteiger partial charge < -0.3 is 5.32 Å². The third-order valence-corrected chi connectivity index (χ3v) is 6.72. The molecule has 1 aliphatic rings. The number of amides is 1. The fourth-order valence-electron chi connectivity index (χ4n) is 2.64. The zero-order valence-electron chi connectivity index (χ0n) is 12.4. The number of hydrogen-bond acceptors (Lipinski definition) is 6. The Kier molecular flexibility index (Phi) is 4.24. The second-order valence-electron chi connectivity index (χ2n) is 5.44. The average Bonchev–Trinajstić information content (AvgIpc) is 3.26. The van der Waals surface area contributed by atoms with Gasteiger partial charge in [-0.3, -0.25) is 4.79 Å². The summed E-state index contributed by atoms with van der Waals surface area (Å²) in [7, 11) is 0. The first-order valence-corrected chi connectivity index (χ1v) is 10.1. The van der Waals surface area contributed by atoms with Gasteiger partial charge in [0.1, 0.15) is 5.01 Å². The van der Waals surface area contributed by atoms with Gasteiger partial charge in [-0.15, -0.1) is 34.0 Å². The molecule has 0 unspecified atom stereocenters. The molecule has 0 spiro atoms. The molecule has 0 aromatic carbocycles. The highest BCUT2D eigenvalue weighted by atomic mass is 32.1. The zero-order valence-corrected chi connectivity index (χ0v) is 14.8. The van der Waals surface area contributed by atoms with Crippen molar-refractivity contribution in [3.05, 3.63) is 39.2 Å². The molecular formula is C16H15N3OS3. The Morgan fingerprint density at radius 3 is 2.96 bits per heavy atom. The normalized spacial score (nSPS) is 13.7. The highest BCUT2D eigenvalue weighted by molar-refractivity contribution is 7.20. The number of nitrogens with zero attached hydrogens (tertiary/aromatic N) is 2. The molecule has 1 amide bonds. The van der Waals surface area contributed by atoms with Crippen molar-refractivity contribution in [2.75, 3.05) is 5.32 Å². The number of thiophene rings is 1. The fraction of sp³-hybridized carbons (Fsp3) is 0.312. The van der Waals surface area contributed by atoms with Crippen LogP contribution in [-0.4, -0.2) is 15.9 Å². The Morgan fingerprint density at radius 2 is 2.13 bits per heavy atom. The summed E-state index contributed by atoms with van der Waals surface area (Å²) >= 11 is 4.87. The molecule has 0 saturated heterocycles. The van der Waals surface area contributed by atoms with Crippen LogP contribution in [0.15, 0.2) is 22.9 Å². The molecule has 4 rings (SSSR count). The smallest absolute Gasteiger partial charge is 0.232 e.